The zero-order chi connectivity index (χ0) is 22.3. The minimum Gasteiger partial charge on any atom is -0.400 e. The number of hydrazine groups is 1. The Hall–Kier alpha value is -1.93. The van der Waals surface area contributed by atoms with Crippen LogP contribution in [0.4, 0.5) is 17.1 Å². The van der Waals surface area contributed by atoms with Gasteiger partial charge in [-0.15, -0.1) is 0 Å². The lowest BCUT2D eigenvalue weighted by Crippen LogP contribution is -2.34. The summed E-state index contributed by atoms with van der Waals surface area (Å²) in [6, 6.07) is 16.5. The SMILES string of the molecule is CC1CCN(c2ccccc2C(C)N(S)c2ccc(N(O)N(C)C)cc2)CC1.CO. The summed E-state index contributed by atoms with van der Waals surface area (Å²) in [4.78, 5) is 2.51. The molecular formula is C23H36N4O2S. The van der Waals surface area contributed by atoms with Gasteiger partial charge < -0.3 is 14.3 Å². The molecule has 2 N–H and O–H groups in total. The smallest absolute Gasteiger partial charge is 0.0824 e. The molecule has 3 rings (SSSR count). The molecule has 0 aliphatic carbocycles. The van der Waals surface area contributed by atoms with E-state index in [0.29, 0.717) is 5.69 Å². The van der Waals surface area contributed by atoms with E-state index in [0.717, 1.165) is 37.0 Å². The Bertz CT molecular complexity index is 764. The van der Waals surface area contributed by atoms with Crippen LogP contribution < -0.4 is 14.4 Å². The first-order valence-electron chi connectivity index (χ1n) is 10.4. The molecule has 1 fully saturated rings. The number of rotatable bonds is 6. The molecule has 1 unspecified atom stereocenters. The van der Waals surface area contributed by atoms with E-state index >= 15 is 0 Å². The van der Waals surface area contributed by atoms with Gasteiger partial charge in [0, 0.05) is 45.7 Å². The zero-order valence-corrected chi connectivity index (χ0v) is 19.6. The second-order valence-electron chi connectivity index (χ2n) is 7.90. The van der Waals surface area contributed by atoms with Crippen molar-refractivity contribution in [1.82, 2.24) is 5.01 Å². The van der Waals surface area contributed by atoms with Crippen LogP contribution in [0, 0.1) is 5.92 Å². The van der Waals surface area contributed by atoms with E-state index in [4.69, 9.17) is 17.9 Å². The van der Waals surface area contributed by atoms with Crippen molar-refractivity contribution in [3.05, 3.63) is 54.1 Å². The number of hydrogen-bond acceptors (Lipinski definition) is 7. The first kappa shape index (κ1) is 24.3. The van der Waals surface area contributed by atoms with E-state index in [2.05, 4.69) is 43.0 Å². The van der Waals surface area contributed by atoms with Gasteiger partial charge in [-0.25, -0.2) is 5.01 Å². The molecule has 166 valence electrons. The molecule has 1 aliphatic heterocycles. The van der Waals surface area contributed by atoms with E-state index in [9.17, 15) is 5.21 Å². The summed E-state index contributed by atoms with van der Waals surface area (Å²) < 4.78 is 1.99. The van der Waals surface area contributed by atoms with E-state index in [1.54, 1.807) is 19.1 Å². The maximum Gasteiger partial charge on any atom is 0.0824 e. The van der Waals surface area contributed by atoms with Gasteiger partial charge in [0.1, 0.15) is 0 Å². The van der Waals surface area contributed by atoms with Crippen LogP contribution in [0.5, 0.6) is 0 Å². The van der Waals surface area contributed by atoms with Crippen LogP contribution in [0.1, 0.15) is 38.3 Å². The number of anilines is 3. The van der Waals surface area contributed by atoms with Gasteiger partial charge in [-0.05, 0) is 61.6 Å². The van der Waals surface area contributed by atoms with Crippen molar-refractivity contribution in [1.29, 1.82) is 0 Å². The maximum atomic E-state index is 10.0. The van der Waals surface area contributed by atoms with Crippen molar-refractivity contribution in [2.24, 2.45) is 5.92 Å². The minimum absolute atomic E-state index is 0.115. The van der Waals surface area contributed by atoms with Crippen molar-refractivity contribution < 1.29 is 10.3 Å². The van der Waals surface area contributed by atoms with Crippen LogP contribution in [-0.2, 0) is 0 Å². The molecule has 2 aromatic carbocycles. The summed E-state index contributed by atoms with van der Waals surface area (Å²) in [7, 11) is 4.58. The van der Waals surface area contributed by atoms with Gasteiger partial charge in [0.05, 0.1) is 11.7 Å². The van der Waals surface area contributed by atoms with Crippen LogP contribution >= 0.6 is 12.8 Å². The molecule has 1 aliphatic rings. The van der Waals surface area contributed by atoms with E-state index in [1.165, 1.54) is 24.1 Å². The molecule has 0 bridgehead atoms. The fourth-order valence-electron chi connectivity index (χ4n) is 3.70. The Morgan fingerprint density at radius 1 is 0.967 bits per heavy atom. The van der Waals surface area contributed by atoms with Gasteiger partial charge in [-0.3, -0.25) is 5.21 Å². The van der Waals surface area contributed by atoms with Crippen LogP contribution in [-0.4, -0.2) is 49.6 Å². The summed E-state index contributed by atoms with van der Waals surface area (Å²) in [5, 5.41) is 19.8. The van der Waals surface area contributed by atoms with E-state index in [1.807, 2.05) is 28.6 Å². The van der Waals surface area contributed by atoms with E-state index < -0.39 is 0 Å². The van der Waals surface area contributed by atoms with Crippen molar-refractivity contribution in [2.75, 3.05) is 48.7 Å². The predicted molar refractivity (Wildman–Crippen MR) is 129 cm³/mol. The third kappa shape index (κ3) is 5.82. The zero-order valence-electron chi connectivity index (χ0n) is 18.7. The number of hydrogen-bond donors (Lipinski definition) is 3. The van der Waals surface area contributed by atoms with Crippen LogP contribution in [0.2, 0.25) is 0 Å². The second kappa shape index (κ2) is 11.5. The highest BCUT2D eigenvalue weighted by molar-refractivity contribution is 7.81. The number of para-hydroxylation sites is 1. The summed E-state index contributed by atoms with van der Waals surface area (Å²) in [5.74, 6) is 0.814. The molecule has 0 radical (unpaired) electrons. The average molecular weight is 433 g/mol. The Labute approximate surface area is 186 Å². The van der Waals surface area contributed by atoms with Crippen molar-refractivity contribution in [2.45, 2.75) is 32.7 Å². The molecular weight excluding hydrogens is 396 g/mol. The molecule has 1 atom stereocenters. The Balaban J connectivity index is 0.00000155. The Morgan fingerprint density at radius 3 is 2.07 bits per heavy atom. The standard InChI is InChI=1S/C22H32N4OS.CH4O/c1-17-13-15-24(16-14-17)22-8-6-5-7-21(22)18(2)25(28)19-9-11-20(12-10-19)26(27)23(3)4;1-2/h5-12,17-18,27-28H,13-16H2,1-4H3;2H,1H3. The number of aliphatic hydroxyl groups is 1. The van der Waals surface area contributed by atoms with Crippen LogP contribution in [0.3, 0.4) is 0 Å². The molecule has 1 heterocycles. The molecule has 2 aromatic rings. The van der Waals surface area contributed by atoms with Gasteiger partial charge in [0.2, 0.25) is 0 Å². The summed E-state index contributed by atoms with van der Waals surface area (Å²) in [5.41, 5.74) is 4.31. The molecule has 7 heteroatoms. The number of nitrogens with zero attached hydrogens (tertiary/aromatic N) is 4. The number of thiol groups is 1. The lowest BCUT2D eigenvalue weighted by atomic mass is 9.97. The van der Waals surface area contributed by atoms with Gasteiger partial charge in [0.25, 0.3) is 0 Å². The number of aliphatic hydroxyl groups excluding tert-OH is 1. The number of benzene rings is 2. The van der Waals surface area contributed by atoms with E-state index in [-0.39, 0.29) is 6.04 Å². The van der Waals surface area contributed by atoms with Gasteiger partial charge >= 0.3 is 0 Å². The molecule has 30 heavy (non-hydrogen) atoms. The Morgan fingerprint density at radius 2 is 1.50 bits per heavy atom. The highest BCUT2D eigenvalue weighted by atomic mass is 32.1. The fraction of sp³-hybridized carbons (Fsp3) is 0.478. The van der Waals surface area contributed by atoms with Crippen LogP contribution in [0.15, 0.2) is 48.5 Å². The van der Waals surface area contributed by atoms with Crippen LogP contribution in [0.25, 0.3) is 0 Å². The highest BCUT2D eigenvalue weighted by Crippen LogP contribution is 2.36. The normalized spacial score (nSPS) is 15.4. The minimum atomic E-state index is 0.115. The third-order valence-corrected chi connectivity index (χ3v) is 6.18. The largest absolute Gasteiger partial charge is 0.400 e. The highest BCUT2D eigenvalue weighted by Gasteiger charge is 2.22. The van der Waals surface area contributed by atoms with Gasteiger partial charge in [0.15, 0.2) is 0 Å². The quantitative estimate of drug-likeness (QED) is 0.458. The fourth-order valence-corrected chi connectivity index (χ4v) is 3.96. The predicted octanol–water partition coefficient (Wildman–Crippen LogP) is 4.62. The Kier molecular flexibility index (Phi) is 9.30. The first-order chi connectivity index (χ1) is 14.4. The van der Waals surface area contributed by atoms with Gasteiger partial charge in [-0.1, -0.05) is 37.9 Å². The molecule has 6 nitrogen and oxygen atoms in total. The van der Waals surface area contributed by atoms with Gasteiger partial charge in [-0.2, -0.15) is 5.17 Å². The second-order valence-corrected chi connectivity index (χ2v) is 8.33. The lowest BCUT2D eigenvalue weighted by Gasteiger charge is -2.36. The third-order valence-electron chi connectivity index (χ3n) is 5.60. The molecule has 0 aromatic heterocycles. The van der Waals surface area contributed by atoms with Crippen molar-refractivity contribution in [3.63, 3.8) is 0 Å². The van der Waals surface area contributed by atoms with Crippen molar-refractivity contribution in [3.8, 4) is 0 Å². The summed E-state index contributed by atoms with van der Waals surface area (Å²) in [6.45, 7) is 6.76. The lowest BCUT2D eigenvalue weighted by molar-refractivity contribution is 0.110. The topological polar surface area (TPSA) is 53.4 Å². The molecule has 0 spiro atoms. The molecule has 1 saturated heterocycles. The summed E-state index contributed by atoms with van der Waals surface area (Å²) >= 11 is 4.81. The number of piperidine rings is 1. The maximum absolute atomic E-state index is 10.0. The molecule has 0 amide bonds. The monoisotopic (exact) mass is 432 g/mol. The first-order valence-corrected chi connectivity index (χ1v) is 10.8. The van der Waals surface area contributed by atoms with Crippen molar-refractivity contribution >= 4 is 29.9 Å². The summed E-state index contributed by atoms with van der Waals surface area (Å²) in [6.07, 6.45) is 2.50. The molecule has 0 saturated carbocycles. The average Bonchev–Trinajstić information content (AvgIpc) is 2.79.